The van der Waals surface area contributed by atoms with Gasteiger partial charge in [0.1, 0.15) is 6.61 Å². The molecule has 5 heteroatoms. The van der Waals surface area contributed by atoms with E-state index in [1.54, 1.807) is 23.9 Å². The molecule has 2 aromatic carbocycles. The van der Waals surface area contributed by atoms with Crippen molar-refractivity contribution in [1.29, 1.82) is 0 Å². The predicted octanol–water partition coefficient (Wildman–Crippen LogP) is 4.00. The third-order valence-electron chi connectivity index (χ3n) is 3.45. The van der Waals surface area contributed by atoms with Crippen LogP contribution in [0.1, 0.15) is 11.1 Å². The molecule has 0 saturated heterocycles. The van der Waals surface area contributed by atoms with E-state index in [-0.39, 0.29) is 5.69 Å². The molecule has 1 heterocycles. The number of fused-ring (bicyclic) bond motifs is 1. The molecule has 108 valence electrons. The van der Waals surface area contributed by atoms with Crippen LogP contribution in [0.2, 0.25) is 0 Å². The Hall–Kier alpha value is -2.01. The quantitative estimate of drug-likeness (QED) is 0.632. The van der Waals surface area contributed by atoms with Crippen molar-refractivity contribution in [2.45, 2.75) is 23.5 Å². The minimum Gasteiger partial charge on any atom is -0.486 e. The molecule has 3 rings (SSSR count). The number of ether oxygens (including phenoxy) is 1. The summed E-state index contributed by atoms with van der Waals surface area (Å²) >= 11 is 1.78. The summed E-state index contributed by atoms with van der Waals surface area (Å²) in [5, 5.41) is 11.4. The normalized spacial score (nSPS) is 16.5. The summed E-state index contributed by atoms with van der Waals surface area (Å²) in [4.78, 5) is 12.0. The molecular weight excluding hydrogens is 286 g/mol. The highest BCUT2D eigenvalue weighted by Gasteiger charge is 2.23. The van der Waals surface area contributed by atoms with Gasteiger partial charge in [-0.2, -0.15) is 0 Å². The molecule has 21 heavy (non-hydrogen) atoms. The fourth-order valence-electron chi connectivity index (χ4n) is 2.42. The molecule has 0 aromatic heterocycles. The van der Waals surface area contributed by atoms with E-state index in [1.807, 2.05) is 25.1 Å². The summed E-state index contributed by atoms with van der Waals surface area (Å²) in [6.07, 6.45) is 0.945. The number of nitro benzene ring substituents is 1. The second-order valence-electron chi connectivity index (χ2n) is 5.09. The van der Waals surface area contributed by atoms with Crippen molar-refractivity contribution < 1.29 is 9.66 Å². The molecule has 1 aliphatic heterocycles. The lowest BCUT2D eigenvalue weighted by atomic mass is 10.1. The lowest BCUT2D eigenvalue weighted by Gasteiger charge is -2.11. The van der Waals surface area contributed by atoms with E-state index >= 15 is 0 Å². The smallest absolute Gasteiger partial charge is 0.311 e. The van der Waals surface area contributed by atoms with Crippen LogP contribution in [0, 0.1) is 17.0 Å². The Labute approximate surface area is 127 Å². The van der Waals surface area contributed by atoms with Crippen LogP contribution >= 0.6 is 11.8 Å². The van der Waals surface area contributed by atoms with Gasteiger partial charge in [-0.3, -0.25) is 10.1 Å². The van der Waals surface area contributed by atoms with Gasteiger partial charge in [0.15, 0.2) is 5.75 Å². The predicted molar refractivity (Wildman–Crippen MR) is 83.1 cm³/mol. The molecule has 0 bridgehead atoms. The van der Waals surface area contributed by atoms with Gasteiger partial charge in [0.2, 0.25) is 0 Å². The van der Waals surface area contributed by atoms with Crippen molar-refractivity contribution in [2.24, 2.45) is 0 Å². The van der Waals surface area contributed by atoms with Gasteiger partial charge in [0, 0.05) is 16.2 Å². The van der Waals surface area contributed by atoms with Crippen molar-refractivity contribution >= 4 is 17.4 Å². The second-order valence-corrected chi connectivity index (χ2v) is 6.43. The molecule has 1 aliphatic rings. The Bertz CT molecular complexity index is 662. The fraction of sp³-hybridized carbons (Fsp3) is 0.250. The molecule has 0 fully saturated rings. The minimum atomic E-state index is -0.390. The molecule has 0 radical (unpaired) electrons. The Morgan fingerprint density at radius 2 is 2.14 bits per heavy atom. The standard InChI is InChI=1S/C16H15NO3S/c1-11-6-7-15(14(8-11)17(18)19)20-10-13-9-12-4-2-3-5-16(12)21-13/h2-8,13H,9-10H2,1H3. The monoisotopic (exact) mass is 301 g/mol. The maximum atomic E-state index is 11.1. The summed E-state index contributed by atoms with van der Waals surface area (Å²) in [6.45, 7) is 2.31. The topological polar surface area (TPSA) is 52.4 Å². The molecule has 0 saturated carbocycles. The Kier molecular flexibility index (Phi) is 3.84. The van der Waals surface area contributed by atoms with Crippen LogP contribution in [0.15, 0.2) is 47.4 Å². The Balaban J connectivity index is 1.68. The van der Waals surface area contributed by atoms with E-state index in [0.717, 1.165) is 12.0 Å². The molecular formula is C16H15NO3S. The third kappa shape index (κ3) is 3.03. The highest BCUT2D eigenvalue weighted by molar-refractivity contribution is 8.00. The largest absolute Gasteiger partial charge is 0.486 e. The van der Waals surface area contributed by atoms with Crippen molar-refractivity contribution in [1.82, 2.24) is 0 Å². The molecule has 0 spiro atoms. The summed E-state index contributed by atoms with van der Waals surface area (Å²) < 4.78 is 5.71. The number of thioether (sulfide) groups is 1. The van der Waals surface area contributed by atoms with Crippen LogP contribution in [-0.2, 0) is 6.42 Å². The second kappa shape index (κ2) is 5.77. The van der Waals surface area contributed by atoms with Gasteiger partial charge in [-0.1, -0.05) is 24.3 Å². The first kappa shape index (κ1) is 13.9. The van der Waals surface area contributed by atoms with Crippen molar-refractivity contribution in [3.05, 3.63) is 63.7 Å². The Morgan fingerprint density at radius 3 is 2.90 bits per heavy atom. The molecule has 1 atom stereocenters. The van der Waals surface area contributed by atoms with Crippen molar-refractivity contribution in [2.75, 3.05) is 6.61 Å². The lowest BCUT2D eigenvalue weighted by Crippen LogP contribution is -2.14. The van der Waals surface area contributed by atoms with Gasteiger partial charge in [0.25, 0.3) is 0 Å². The summed E-state index contributed by atoms with van der Waals surface area (Å²) in [6, 6.07) is 13.4. The minimum absolute atomic E-state index is 0.0375. The summed E-state index contributed by atoms with van der Waals surface area (Å²) in [5.74, 6) is 0.349. The first-order chi connectivity index (χ1) is 10.1. The number of nitrogens with zero attached hydrogens (tertiary/aromatic N) is 1. The van der Waals surface area contributed by atoms with E-state index < -0.39 is 4.92 Å². The molecule has 4 nitrogen and oxygen atoms in total. The van der Waals surface area contributed by atoms with Crippen molar-refractivity contribution in [3.8, 4) is 5.75 Å². The zero-order valence-corrected chi connectivity index (χ0v) is 12.4. The van der Waals surface area contributed by atoms with Crippen LogP contribution in [0.25, 0.3) is 0 Å². The number of aryl methyl sites for hydroxylation is 1. The maximum Gasteiger partial charge on any atom is 0.311 e. The van der Waals surface area contributed by atoms with Crippen LogP contribution in [-0.4, -0.2) is 16.8 Å². The average Bonchev–Trinajstić information content (AvgIpc) is 2.88. The van der Waals surface area contributed by atoms with Gasteiger partial charge >= 0.3 is 5.69 Å². The zero-order chi connectivity index (χ0) is 14.8. The van der Waals surface area contributed by atoms with Gasteiger partial charge in [0.05, 0.1) is 4.92 Å². The van der Waals surface area contributed by atoms with Gasteiger partial charge in [-0.15, -0.1) is 11.8 Å². The van der Waals surface area contributed by atoms with Crippen LogP contribution in [0.5, 0.6) is 5.75 Å². The number of hydrogen-bond acceptors (Lipinski definition) is 4. The van der Waals surface area contributed by atoms with Gasteiger partial charge in [-0.05, 0) is 36.6 Å². The van der Waals surface area contributed by atoms with E-state index in [2.05, 4.69) is 12.1 Å². The van der Waals surface area contributed by atoms with E-state index in [1.165, 1.54) is 10.5 Å². The van der Waals surface area contributed by atoms with Crippen LogP contribution in [0.3, 0.4) is 0 Å². The molecule has 0 N–H and O–H groups in total. The highest BCUT2D eigenvalue weighted by Crippen LogP contribution is 2.37. The van der Waals surface area contributed by atoms with E-state index in [4.69, 9.17) is 4.74 Å². The number of benzene rings is 2. The Morgan fingerprint density at radius 1 is 1.33 bits per heavy atom. The summed E-state index contributed by atoms with van der Waals surface area (Å²) in [7, 11) is 0. The number of rotatable bonds is 4. The maximum absolute atomic E-state index is 11.1. The van der Waals surface area contributed by atoms with Gasteiger partial charge in [-0.25, -0.2) is 0 Å². The molecule has 2 aromatic rings. The van der Waals surface area contributed by atoms with Crippen LogP contribution in [0.4, 0.5) is 5.69 Å². The van der Waals surface area contributed by atoms with E-state index in [9.17, 15) is 10.1 Å². The molecule has 1 unspecified atom stereocenters. The first-order valence-electron chi connectivity index (χ1n) is 6.76. The van der Waals surface area contributed by atoms with Crippen LogP contribution < -0.4 is 4.74 Å². The zero-order valence-electron chi connectivity index (χ0n) is 11.6. The number of nitro groups is 1. The fourth-order valence-corrected chi connectivity index (χ4v) is 3.64. The van der Waals surface area contributed by atoms with Gasteiger partial charge < -0.3 is 4.74 Å². The first-order valence-corrected chi connectivity index (χ1v) is 7.64. The summed E-state index contributed by atoms with van der Waals surface area (Å²) in [5.41, 5.74) is 2.22. The highest BCUT2D eigenvalue weighted by atomic mass is 32.2. The lowest BCUT2D eigenvalue weighted by molar-refractivity contribution is -0.385. The average molecular weight is 301 g/mol. The van der Waals surface area contributed by atoms with E-state index in [0.29, 0.717) is 17.6 Å². The van der Waals surface area contributed by atoms with Crippen molar-refractivity contribution in [3.63, 3.8) is 0 Å². The number of hydrogen-bond donors (Lipinski definition) is 0. The SMILES string of the molecule is Cc1ccc(OCC2Cc3ccccc3S2)c([N+](=O)[O-])c1. The third-order valence-corrected chi connectivity index (χ3v) is 4.74. The molecule has 0 amide bonds. The molecule has 0 aliphatic carbocycles.